The first-order valence-corrected chi connectivity index (χ1v) is 8.52. The lowest BCUT2D eigenvalue weighted by atomic mass is 10.1. The molecule has 132 valence electrons. The van der Waals surface area contributed by atoms with E-state index >= 15 is 0 Å². The van der Waals surface area contributed by atoms with Gasteiger partial charge in [0, 0.05) is 23.2 Å². The Morgan fingerprint density at radius 3 is 2.81 bits per heavy atom. The smallest absolute Gasteiger partial charge is 0.330 e. The molecule has 0 N–H and O–H groups in total. The van der Waals surface area contributed by atoms with Crippen molar-refractivity contribution >= 4 is 22.9 Å². The van der Waals surface area contributed by atoms with Crippen LogP contribution in [0.15, 0.2) is 60.8 Å². The topological polar surface area (TPSA) is 48.4 Å². The molecule has 0 saturated heterocycles. The zero-order valence-corrected chi connectivity index (χ0v) is 14.9. The van der Waals surface area contributed by atoms with Gasteiger partial charge in [0.2, 0.25) is 0 Å². The van der Waals surface area contributed by atoms with Crippen molar-refractivity contribution in [3.63, 3.8) is 0 Å². The molecule has 0 spiro atoms. The fourth-order valence-corrected chi connectivity index (χ4v) is 2.62. The van der Waals surface area contributed by atoms with E-state index in [1.54, 1.807) is 12.3 Å². The highest BCUT2D eigenvalue weighted by atomic mass is 16.6. The molecule has 3 rings (SSSR count). The monoisotopic (exact) mass is 347 g/mol. The van der Waals surface area contributed by atoms with E-state index in [0.29, 0.717) is 6.61 Å². The highest BCUT2D eigenvalue weighted by molar-refractivity contribution is 5.92. The Labute approximate surface area is 153 Å². The number of para-hydroxylation sites is 1. The molecule has 0 unspecified atom stereocenters. The third kappa shape index (κ3) is 4.48. The molecule has 0 atom stereocenters. The third-order valence-electron chi connectivity index (χ3n) is 3.99. The van der Waals surface area contributed by atoms with E-state index < -0.39 is 5.97 Å². The zero-order valence-electron chi connectivity index (χ0n) is 14.9. The third-order valence-corrected chi connectivity index (χ3v) is 3.99. The number of carbonyl (C=O) groups excluding carboxylic acids is 1. The van der Waals surface area contributed by atoms with Gasteiger partial charge in [0.15, 0.2) is 0 Å². The van der Waals surface area contributed by atoms with Gasteiger partial charge in [0.05, 0.1) is 5.52 Å². The SMILES string of the molecule is Cc1ccc(C)c(OCCOC(=O)/C=C/c2cccc3cccnc23)c1. The lowest BCUT2D eigenvalue weighted by Gasteiger charge is -2.09. The minimum absolute atomic E-state index is 0.199. The maximum Gasteiger partial charge on any atom is 0.330 e. The van der Waals surface area contributed by atoms with Gasteiger partial charge in [-0.05, 0) is 43.2 Å². The number of esters is 1. The molecule has 4 nitrogen and oxygen atoms in total. The van der Waals surface area contributed by atoms with E-state index in [1.165, 1.54) is 6.08 Å². The molecule has 0 fully saturated rings. The summed E-state index contributed by atoms with van der Waals surface area (Å²) in [6, 6.07) is 15.7. The Morgan fingerprint density at radius 2 is 1.92 bits per heavy atom. The number of benzene rings is 2. The molecule has 1 aromatic heterocycles. The van der Waals surface area contributed by atoms with Crippen molar-refractivity contribution in [2.24, 2.45) is 0 Å². The second kappa shape index (κ2) is 8.30. The molecule has 0 aliphatic rings. The molecule has 0 saturated carbocycles. The van der Waals surface area contributed by atoms with Crippen LogP contribution >= 0.6 is 0 Å². The van der Waals surface area contributed by atoms with E-state index in [2.05, 4.69) is 4.98 Å². The number of fused-ring (bicyclic) bond motifs is 1. The number of hydrogen-bond acceptors (Lipinski definition) is 4. The normalized spacial score (nSPS) is 11.0. The molecule has 1 heterocycles. The molecule has 26 heavy (non-hydrogen) atoms. The van der Waals surface area contributed by atoms with Crippen molar-refractivity contribution in [3.8, 4) is 5.75 Å². The molecule has 4 heteroatoms. The van der Waals surface area contributed by atoms with Crippen molar-refractivity contribution in [2.45, 2.75) is 13.8 Å². The summed E-state index contributed by atoms with van der Waals surface area (Å²) in [5.74, 6) is 0.418. The molecule has 0 bridgehead atoms. The Balaban J connectivity index is 1.52. The second-order valence-corrected chi connectivity index (χ2v) is 6.04. The highest BCUT2D eigenvalue weighted by Gasteiger charge is 2.03. The van der Waals surface area contributed by atoms with Crippen LogP contribution in [0.1, 0.15) is 16.7 Å². The fourth-order valence-electron chi connectivity index (χ4n) is 2.62. The van der Waals surface area contributed by atoms with Gasteiger partial charge in [-0.15, -0.1) is 0 Å². The molecule has 0 amide bonds. The summed E-state index contributed by atoms with van der Waals surface area (Å²) in [7, 11) is 0. The first kappa shape index (κ1) is 17.7. The van der Waals surface area contributed by atoms with Crippen molar-refractivity contribution in [1.82, 2.24) is 4.98 Å². The fraction of sp³-hybridized carbons (Fsp3) is 0.182. The Hall–Kier alpha value is -3.14. The van der Waals surface area contributed by atoms with Crippen LogP contribution in [0, 0.1) is 13.8 Å². The summed E-state index contributed by atoms with van der Waals surface area (Å²) >= 11 is 0. The van der Waals surface area contributed by atoms with Crippen LogP contribution < -0.4 is 4.74 Å². The molecule has 2 aromatic carbocycles. The van der Waals surface area contributed by atoms with Crippen LogP contribution in [0.3, 0.4) is 0 Å². The van der Waals surface area contributed by atoms with Gasteiger partial charge in [-0.25, -0.2) is 4.79 Å². The number of hydrogen-bond donors (Lipinski definition) is 0. The van der Waals surface area contributed by atoms with E-state index in [4.69, 9.17) is 9.47 Å². The van der Waals surface area contributed by atoms with Gasteiger partial charge in [-0.1, -0.05) is 36.4 Å². The summed E-state index contributed by atoms with van der Waals surface area (Å²) in [4.78, 5) is 16.3. The Kier molecular flexibility index (Phi) is 5.64. The number of carbonyl (C=O) groups is 1. The van der Waals surface area contributed by atoms with Crippen LogP contribution in [0.2, 0.25) is 0 Å². The van der Waals surface area contributed by atoms with Gasteiger partial charge >= 0.3 is 5.97 Å². The van der Waals surface area contributed by atoms with E-state index in [9.17, 15) is 4.79 Å². The van der Waals surface area contributed by atoms with Crippen LogP contribution in [0.25, 0.3) is 17.0 Å². The van der Waals surface area contributed by atoms with Crippen molar-refractivity contribution in [2.75, 3.05) is 13.2 Å². The summed E-state index contributed by atoms with van der Waals surface area (Å²) in [5, 5.41) is 1.03. The number of nitrogens with zero attached hydrogens (tertiary/aromatic N) is 1. The summed E-state index contributed by atoms with van der Waals surface area (Å²) < 4.78 is 10.9. The first-order chi connectivity index (χ1) is 12.6. The van der Waals surface area contributed by atoms with Crippen LogP contribution in [0.4, 0.5) is 0 Å². The standard InChI is InChI=1S/C22H21NO3/c1-16-8-9-17(2)20(15-16)25-13-14-26-21(24)11-10-19-6-3-5-18-7-4-12-23-22(18)19/h3-12,15H,13-14H2,1-2H3/b11-10+. The lowest BCUT2D eigenvalue weighted by Crippen LogP contribution is -2.10. The summed E-state index contributed by atoms with van der Waals surface area (Å²) in [6.07, 6.45) is 4.88. The van der Waals surface area contributed by atoms with Crippen LogP contribution in [-0.4, -0.2) is 24.2 Å². The minimum atomic E-state index is -0.400. The molecule has 3 aromatic rings. The van der Waals surface area contributed by atoms with Gasteiger partial charge in [-0.3, -0.25) is 4.98 Å². The molecule has 0 aliphatic carbocycles. The van der Waals surface area contributed by atoms with Crippen LogP contribution in [-0.2, 0) is 9.53 Å². The maximum absolute atomic E-state index is 11.9. The zero-order chi connectivity index (χ0) is 18.4. The van der Waals surface area contributed by atoms with E-state index in [1.807, 2.05) is 62.4 Å². The first-order valence-electron chi connectivity index (χ1n) is 8.52. The van der Waals surface area contributed by atoms with Gasteiger partial charge in [0.1, 0.15) is 19.0 Å². The maximum atomic E-state index is 11.9. The summed E-state index contributed by atoms with van der Waals surface area (Å²) in [6.45, 7) is 4.52. The van der Waals surface area contributed by atoms with Gasteiger partial charge < -0.3 is 9.47 Å². The van der Waals surface area contributed by atoms with Crippen LogP contribution in [0.5, 0.6) is 5.75 Å². The van der Waals surface area contributed by atoms with Gasteiger partial charge in [0.25, 0.3) is 0 Å². The Morgan fingerprint density at radius 1 is 1.08 bits per heavy atom. The predicted octanol–water partition coefficient (Wildman–Crippen LogP) is 4.49. The highest BCUT2D eigenvalue weighted by Crippen LogP contribution is 2.19. The second-order valence-electron chi connectivity index (χ2n) is 6.04. The lowest BCUT2D eigenvalue weighted by molar-refractivity contribution is -0.138. The number of rotatable bonds is 6. The number of aromatic nitrogens is 1. The summed E-state index contributed by atoms with van der Waals surface area (Å²) in [5.41, 5.74) is 3.93. The van der Waals surface area contributed by atoms with E-state index in [0.717, 1.165) is 33.3 Å². The number of aryl methyl sites for hydroxylation is 2. The molecular formula is C22H21NO3. The van der Waals surface area contributed by atoms with Gasteiger partial charge in [-0.2, -0.15) is 0 Å². The van der Waals surface area contributed by atoms with Crippen molar-refractivity contribution in [3.05, 3.63) is 77.5 Å². The average Bonchev–Trinajstić information content (AvgIpc) is 2.66. The largest absolute Gasteiger partial charge is 0.490 e. The molecular weight excluding hydrogens is 326 g/mol. The number of pyridine rings is 1. The minimum Gasteiger partial charge on any atom is -0.490 e. The quantitative estimate of drug-likeness (QED) is 0.374. The average molecular weight is 347 g/mol. The Bertz CT molecular complexity index is 942. The predicted molar refractivity (Wildman–Crippen MR) is 103 cm³/mol. The number of ether oxygens (including phenoxy) is 2. The molecule has 0 radical (unpaired) electrons. The molecule has 0 aliphatic heterocycles. The van der Waals surface area contributed by atoms with Crippen molar-refractivity contribution in [1.29, 1.82) is 0 Å². The van der Waals surface area contributed by atoms with Crippen molar-refractivity contribution < 1.29 is 14.3 Å². The van der Waals surface area contributed by atoms with E-state index in [-0.39, 0.29) is 6.61 Å².